The second-order valence-corrected chi connectivity index (χ2v) is 6.00. The first-order valence-electron chi connectivity index (χ1n) is 4.88. The number of nitrogens with zero attached hydrogens (tertiary/aromatic N) is 1. The van der Waals surface area contributed by atoms with Crippen molar-refractivity contribution in [2.75, 3.05) is 4.72 Å². The average Bonchev–Trinajstić information content (AvgIpc) is 2.72. The largest absolute Gasteiger partial charge is 0.281 e. The summed E-state index contributed by atoms with van der Waals surface area (Å²) in [4.78, 5) is 0.0681. The molecular formula is C10H9Cl2N3O2S. The molecule has 0 aliphatic heterocycles. The van der Waals surface area contributed by atoms with Gasteiger partial charge in [-0.3, -0.25) is 9.82 Å². The van der Waals surface area contributed by atoms with Gasteiger partial charge >= 0.3 is 0 Å². The van der Waals surface area contributed by atoms with Crippen LogP contribution in [0.1, 0.15) is 5.69 Å². The standard InChI is InChI=1S/C10H9Cl2N3O2S/c1-6-9(5-13-14-6)18(16,17)15-8-4-2-3-7(11)10(8)12/h2-5,15H,1H3,(H,13,14). The van der Waals surface area contributed by atoms with E-state index in [-0.39, 0.29) is 20.6 Å². The first-order chi connectivity index (χ1) is 8.42. The zero-order chi connectivity index (χ0) is 13.3. The molecule has 1 aromatic heterocycles. The van der Waals surface area contributed by atoms with Crippen molar-refractivity contribution in [3.8, 4) is 0 Å². The minimum absolute atomic E-state index is 0.0681. The second-order valence-electron chi connectivity index (χ2n) is 3.57. The molecular weight excluding hydrogens is 297 g/mol. The van der Waals surface area contributed by atoms with Gasteiger partial charge in [-0.2, -0.15) is 5.10 Å². The van der Waals surface area contributed by atoms with Crippen LogP contribution in [0.15, 0.2) is 29.3 Å². The first-order valence-corrected chi connectivity index (χ1v) is 7.12. The molecule has 2 rings (SSSR count). The lowest BCUT2D eigenvalue weighted by atomic mass is 10.3. The highest BCUT2D eigenvalue weighted by molar-refractivity contribution is 7.92. The van der Waals surface area contributed by atoms with Gasteiger partial charge in [0.2, 0.25) is 0 Å². The zero-order valence-electron chi connectivity index (χ0n) is 9.24. The summed E-state index contributed by atoms with van der Waals surface area (Å²) in [7, 11) is -3.73. The predicted octanol–water partition coefficient (Wildman–Crippen LogP) is 2.83. The van der Waals surface area contributed by atoms with E-state index >= 15 is 0 Å². The van der Waals surface area contributed by atoms with E-state index in [9.17, 15) is 8.42 Å². The smallest absolute Gasteiger partial charge is 0.265 e. The topological polar surface area (TPSA) is 74.8 Å². The number of nitrogens with one attached hydrogen (secondary N) is 2. The van der Waals surface area contributed by atoms with Gasteiger partial charge in [-0.05, 0) is 19.1 Å². The van der Waals surface area contributed by atoms with Gasteiger partial charge in [0.1, 0.15) is 4.90 Å². The van der Waals surface area contributed by atoms with E-state index in [2.05, 4.69) is 14.9 Å². The number of H-pyrrole nitrogens is 1. The van der Waals surface area contributed by atoms with Gasteiger partial charge in [-0.15, -0.1) is 0 Å². The lowest BCUT2D eigenvalue weighted by Crippen LogP contribution is -2.13. The van der Waals surface area contributed by atoms with E-state index in [1.165, 1.54) is 12.3 Å². The fourth-order valence-corrected chi connectivity index (χ4v) is 3.01. The summed E-state index contributed by atoms with van der Waals surface area (Å²) < 4.78 is 26.5. The van der Waals surface area contributed by atoms with Crippen LogP contribution < -0.4 is 4.72 Å². The van der Waals surface area contributed by atoms with Gasteiger partial charge in [0, 0.05) is 0 Å². The van der Waals surface area contributed by atoms with Crippen LogP contribution in [0.4, 0.5) is 5.69 Å². The Bertz CT molecular complexity index is 682. The summed E-state index contributed by atoms with van der Waals surface area (Å²) in [6.45, 7) is 1.61. The summed E-state index contributed by atoms with van der Waals surface area (Å²) in [5, 5.41) is 6.66. The fraction of sp³-hybridized carbons (Fsp3) is 0.100. The van der Waals surface area contributed by atoms with Crippen LogP contribution in [0.3, 0.4) is 0 Å². The Labute approximate surface area is 114 Å². The lowest BCUT2D eigenvalue weighted by Gasteiger charge is -2.09. The Hall–Kier alpha value is -1.24. The number of anilines is 1. The van der Waals surface area contributed by atoms with Crippen LogP contribution in [-0.2, 0) is 10.0 Å². The molecule has 0 aliphatic carbocycles. The van der Waals surface area contributed by atoms with Crippen LogP contribution in [0.25, 0.3) is 0 Å². The molecule has 0 saturated heterocycles. The average molecular weight is 306 g/mol. The molecule has 2 aromatic rings. The van der Waals surface area contributed by atoms with E-state index < -0.39 is 10.0 Å². The molecule has 0 radical (unpaired) electrons. The van der Waals surface area contributed by atoms with E-state index in [1.54, 1.807) is 19.1 Å². The molecule has 5 nitrogen and oxygen atoms in total. The van der Waals surface area contributed by atoms with Crippen molar-refractivity contribution < 1.29 is 8.42 Å². The van der Waals surface area contributed by atoms with Crippen molar-refractivity contribution in [1.82, 2.24) is 10.2 Å². The van der Waals surface area contributed by atoms with Gasteiger partial charge in [0.15, 0.2) is 0 Å². The molecule has 0 spiro atoms. The molecule has 0 aliphatic rings. The molecule has 8 heteroatoms. The highest BCUT2D eigenvalue weighted by atomic mass is 35.5. The Balaban J connectivity index is 2.40. The molecule has 0 amide bonds. The molecule has 2 N–H and O–H groups in total. The Morgan fingerprint density at radius 2 is 2.06 bits per heavy atom. The molecule has 0 saturated carbocycles. The van der Waals surface area contributed by atoms with Gasteiger partial charge < -0.3 is 0 Å². The minimum atomic E-state index is -3.73. The van der Waals surface area contributed by atoms with E-state index in [0.29, 0.717) is 5.69 Å². The van der Waals surface area contributed by atoms with E-state index in [4.69, 9.17) is 23.2 Å². The third-order valence-electron chi connectivity index (χ3n) is 2.27. The van der Waals surface area contributed by atoms with Crippen molar-refractivity contribution in [2.45, 2.75) is 11.8 Å². The second kappa shape index (κ2) is 4.79. The SMILES string of the molecule is Cc1[nH]ncc1S(=O)(=O)Nc1cccc(Cl)c1Cl. The Kier molecular flexibility index (Phi) is 3.52. The third kappa shape index (κ3) is 2.45. The highest BCUT2D eigenvalue weighted by Crippen LogP contribution is 2.31. The number of aryl methyl sites for hydroxylation is 1. The molecule has 0 atom stereocenters. The van der Waals surface area contributed by atoms with Gasteiger partial charge in [0.05, 0.1) is 27.6 Å². The predicted molar refractivity (Wildman–Crippen MR) is 70.6 cm³/mol. The number of hydrogen-bond acceptors (Lipinski definition) is 3. The van der Waals surface area contributed by atoms with Crippen molar-refractivity contribution >= 4 is 38.9 Å². The van der Waals surface area contributed by atoms with Crippen LogP contribution >= 0.6 is 23.2 Å². The zero-order valence-corrected chi connectivity index (χ0v) is 11.6. The number of sulfonamides is 1. The molecule has 18 heavy (non-hydrogen) atoms. The molecule has 0 fully saturated rings. The Morgan fingerprint density at radius 1 is 1.33 bits per heavy atom. The number of halogens is 2. The van der Waals surface area contributed by atoms with Gasteiger partial charge in [-0.1, -0.05) is 29.3 Å². The van der Waals surface area contributed by atoms with Crippen molar-refractivity contribution in [3.05, 3.63) is 40.1 Å². The summed E-state index contributed by atoms with van der Waals surface area (Å²) in [5.41, 5.74) is 0.672. The molecule has 0 unspecified atom stereocenters. The van der Waals surface area contributed by atoms with E-state index in [1.807, 2.05) is 0 Å². The maximum absolute atomic E-state index is 12.1. The summed E-state index contributed by atoms with van der Waals surface area (Å²) >= 11 is 11.7. The van der Waals surface area contributed by atoms with Crippen molar-refractivity contribution in [3.63, 3.8) is 0 Å². The first kappa shape index (κ1) is 13.2. The quantitative estimate of drug-likeness (QED) is 0.915. The van der Waals surface area contributed by atoms with Gasteiger partial charge in [0.25, 0.3) is 10.0 Å². The Morgan fingerprint density at radius 3 is 2.67 bits per heavy atom. The van der Waals surface area contributed by atoms with Gasteiger partial charge in [-0.25, -0.2) is 8.42 Å². The summed E-state index contributed by atoms with van der Waals surface area (Å²) in [6.07, 6.45) is 1.23. The van der Waals surface area contributed by atoms with Crippen LogP contribution in [0.2, 0.25) is 10.0 Å². The normalized spacial score (nSPS) is 11.5. The molecule has 96 valence electrons. The van der Waals surface area contributed by atoms with Crippen LogP contribution in [0, 0.1) is 6.92 Å². The molecule has 1 heterocycles. The van der Waals surface area contributed by atoms with E-state index in [0.717, 1.165) is 0 Å². The van der Waals surface area contributed by atoms with Crippen molar-refractivity contribution in [2.24, 2.45) is 0 Å². The third-order valence-corrected chi connectivity index (χ3v) is 4.57. The van der Waals surface area contributed by atoms with Crippen molar-refractivity contribution in [1.29, 1.82) is 0 Å². The van der Waals surface area contributed by atoms with Crippen LogP contribution in [0.5, 0.6) is 0 Å². The van der Waals surface area contributed by atoms with Crippen LogP contribution in [-0.4, -0.2) is 18.6 Å². The minimum Gasteiger partial charge on any atom is -0.281 e. The maximum atomic E-state index is 12.1. The lowest BCUT2D eigenvalue weighted by molar-refractivity contribution is 0.600. The fourth-order valence-electron chi connectivity index (χ4n) is 1.39. The molecule has 0 bridgehead atoms. The monoisotopic (exact) mass is 305 g/mol. The maximum Gasteiger partial charge on any atom is 0.265 e. The summed E-state index contributed by atoms with van der Waals surface area (Å²) in [5.74, 6) is 0. The number of aromatic nitrogens is 2. The number of aromatic amines is 1. The molecule has 1 aromatic carbocycles. The summed E-state index contributed by atoms with van der Waals surface area (Å²) in [6, 6.07) is 4.71. The number of hydrogen-bond donors (Lipinski definition) is 2. The number of rotatable bonds is 3. The highest BCUT2D eigenvalue weighted by Gasteiger charge is 2.20. The number of benzene rings is 1.